The highest BCUT2D eigenvalue weighted by Crippen LogP contribution is 2.55. The van der Waals surface area contributed by atoms with Crippen molar-refractivity contribution in [3.05, 3.63) is 34.4 Å². The van der Waals surface area contributed by atoms with Crippen LogP contribution in [-0.4, -0.2) is 19.4 Å². The van der Waals surface area contributed by atoms with Crippen LogP contribution in [0.3, 0.4) is 0 Å². The highest BCUT2D eigenvalue weighted by atomic mass is 32.2. The molecule has 4 fully saturated rings. The first-order valence-electron chi connectivity index (χ1n) is 8.10. The van der Waals surface area contributed by atoms with Gasteiger partial charge in [0.2, 0.25) is 0 Å². The molecule has 0 amide bonds. The van der Waals surface area contributed by atoms with Gasteiger partial charge in [-0.25, -0.2) is 0 Å². The highest BCUT2D eigenvalue weighted by molar-refractivity contribution is 7.86. The molecule has 7 heteroatoms. The molecule has 1 aromatic carbocycles. The molecule has 4 saturated carbocycles. The number of nitro groups is 1. The van der Waals surface area contributed by atoms with Crippen molar-refractivity contribution in [3.8, 4) is 0 Å². The van der Waals surface area contributed by atoms with E-state index in [1.165, 1.54) is 24.6 Å². The summed E-state index contributed by atoms with van der Waals surface area (Å²) >= 11 is 0. The van der Waals surface area contributed by atoms with Gasteiger partial charge in [0, 0.05) is 12.1 Å². The van der Waals surface area contributed by atoms with Crippen LogP contribution in [0.4, 0.5) is 5.69 Å². The smallest absolute Gasteiger partial charge is 0.262 e. The van der Waals surface area contributed by atoms with E-state index in [1.54, 1.807) is 0 Å². The average Bonchev–Trinajstić information content (AvgIpc) is 2.50. The van der Waals surface area contributed by atoms with Crippen LogP contribution in [0.15, 0.2) is 29.2 Å². The standard InChI is InChI=1S/C16H19NO5S/c18-17(19)14-2-1-3-15(9-14)23(20,21)22-16-12-5-10-4-11(7-12)8-13(16)6-10/h1-3,9-13,16H,4-8H2. The van der Waals surface area contributed by atoms with Crippen molar-refractivity contribution in [2.75, 3.05) is 0 Å². The van der Waals surface area contributed by atoms with Gasteiger partial charge in [0.25, 0.3) is 15.8 Å². The highest BCUT2D eigenvalue weighted by Gasteiger charge is 2.50. The topological polar surface area (TPSA) is 86.5 Å². The zero-order valence-electron chi connectivity index (χ0n) is 12.6. The number of nitro benzene ring substituents is 1. The Balaban J connectivity index is 1.58. The van der Waals surface area contributed by atoms with E-state index in [-0.39, 0.29) is 16.7 Å². The summed E-state index contributed by atoms with van der Waals surface area (Å²) in [5.41, 5.74) is -0.236. The predicted molar refractivity (Wildman–Crippen MR) is 82.2 cm³/mol. The molecule has 0 atom stereocenters. The first-order chi connectivity index (χ1) is 10.9. The molecule has 0 saturated heterocycles. The maximum Gasteiger partial charge on any atom is 0.297 e. The van der Waals surface area contributed by atoms with Crippen molar-refractivity contribution in [1.29, 1.82) is 0 Å². The summed E-state index contributed by atoms with van der Waals surface area (Å²) in [5.74, 6) is 2.11. The lowest BCUT2D eigenvalue weighted by Gasteiger charge is -2.53. The molecule has 0 radical (unpaired) electrons. The van der Waals surface area contributed by atoms with Crippen LogP contribution in [0, 0.1) is 33.8 Å². The lowest BCUT2D eigenvalue weighted by molar-refractivity contribution is -0.385. The third-order valence-electron chi connectivity index (χ3n) is 5.70. The molecule has 0 aromatic heterocycles. The normalized spacial score (nSPS) is 35.4. The Morgan fingerprint density at radius 3 is 2.22 bits per heavy atom. The first-order valence-corrected chi connectivity index (χ1v) is 9.51. The summed E-state index contributed by atoms with van der Waals surface area (Å²) in [6.45, 7) is 0. The summed E-state index contributed by atoms with van der Waals surface area (Å²) in [6.07, 6.45) is 5.26. The van der Waals surface area contributed by atoms with E-state index in [0.717, 1.165) is 43.6 Å². The molecule has 1 aromatic rings. The van der Waals surface area contributed by atoms with E-state index in [4.69, 9.17) is 4.18 Å². The van der Waals surface area contributed by atoms with Gasteiger partial charge < -0.3 is 0 Å². The monoisotopic (exact) mass is 337 g/mol. The number of rotatable bonds is 4. The minimum atomic E-state index is -3.97. The minimum Gasteiger partial charge on any atom is -0.262 e. The van der Waals surface area contributed by atoms with E-state index in [9.17, 15) is 18.5 Å². The summed E-state index contributed by atoms with van der Waals surface area (Å²) in [5, 5.41) is 10.8. The fourth-order valence-electron chi connectivity index (χ4n) is 4.99. The fraction of sp³-hybridized carbons (Fsp3) is 0.625. The van der Waals surface area contributed by atoms with Crippen molar-refractivity contribution < 1.29 is 17.5 Å². The number of benzene rings is 1. The van der Waals surface area contributed by atoms with Gasteiger partial charge >= 0.3 is 0 Å². The minimum absolute atomic E-state index is 0.125. The molecular weight excluding hydrogens is 318 g/mol. The Labute approximate surface area is 135 Å². The van der Waals surface area contributed by atoms with Crippen LogP contribution in [0.2, 0.25) is 0 Å². The van der Waals surface area contributed by atoms with Crippen molar-refractivity contribution >= 4 is 15.8 Å². The zero-order chi connectivity index (χ0) is 16.2. The number of non-ortho nitro benzene ring substituents is 1. The van der Waals surface area contributed by atoms with Gasteiger partial charge in [-0.05, 0) is 61.8 Å². The van der Waals surface area contributed by atoms with Crippen LogP contribution in [0.1, 0.15) is 32.1 Å². The van der Waals surface area contributed by atoms with Gasteiger partial charge in [-0.15, -0.1) is 0 Å². The molecule has 4 bridgehead atoms. The van der Waals surface area contributed by atoms with Gasteiger partial charge in [-0.2, -0.15) is 8.42 Å². The van der Waals surface area contributed by atoms with Crippen LogP contribution in [-0.2, 0) is 14.3 Å². The summed E-state index contributed by atoms with van der Waals surface area (Å²) in [6, 6.07) is 5.09. The van der Waals surface area contributed by atoms with Gasteiger partial charge in [-0.1, -0.05) is 6.07 Å². The van der Waals surface area contributed by atoms with Crippen molar-refractivity contribution in [2.24, 2.45) is 23.7 Å². The quantitative estimate of drug-likeness (QED) is 0.478. The second kappa shape index (κ2) is 5.27. The van der Waals surface area contributed by atoms with E-state index < -0.39 is 15.0 Å². The van der Waals surface area contributed by atoms with Crippen LogP contribution >= 0.6 is 0 Å². The molecule has 0 unspecified atom stereocenters. The van der Waals surface area contributed by atoms with Crippen molar-refractivity contribution in [3.63, 3.8) is 0 Å². The molecule has 0 heterocycles. The molecule has 0 aliphatic heterocycles. The van der Waals surface area contributed by atoms with E-state index >= 15 is 0 Å². The molecule has 4 aliphatic rings. The molecule has 4 aliphatic carbocycles. The molecule has 6 nitrogen and oxygen atoms in total. The predicted octanol–water partition coefficient (Wildman–Crippen LogP) is 3.12. The first kappa shape index (κ1) is 15.1. The van der Waals surface area contributed by atoms with Crippen LogP contribution in [0.25, 0.3) is 0 Å². The van der Waals surface area contributed by atoms with E-state index in [2.05, 4.69) is 0 Å². The molecule has 23 heavy (non-hydrogen) atoms. The Hall–Kier alpha value is -1.47. The second-order valence-electron chi connectivity index (χ2n) is 7.20. The fourth-order valence-corrected chi connectivity index (χ4v) is 6.22. The van der Waals surface area contributed by atoms with Gasteiger partial charge in [0.1, 0.15) is 4.90 Å². The summed E-state index contributed by atoms with van der Waals surface area (Å²) < 4.78 is 30.7. The maximum absolute atomic E-state index is 12.6. The summed E-state index contributed by atoms with van der Waals surface area (Å²) in [4.78, 5) is 10.1. The van der Waals surface area contributed by atoms with Crippen molar-refractivity contribution in [1.82, 2.24) is 0 Å². The Morgan fingerprint density at radius 1 is 1.04 bits per heavy atom. The van der Waals surface area contributed by atoms with Gasteiger partial charge in [0.15, 0.2) is 0 Å². The Kier molecular flexibility index (Phi) is 3.46. The average molecular weight is 337 g/mol. The number of nitrogens with zero attached hydrogens (tertiary/aromatic N) is 1. The van der Waals surface area contributed by atoms with Gasteiger partial charge in [0.05, 0.1) is 11.0 Å². The largest absolute Gasteiger partial charge is 0.297 e. The Morgan fingerprint density at radius 2 is 1.65 bits per heavy atom. The summed E-state index contributed by atoms with van der Waals surface area (Å²) in [7, 11) is -3.97. The zero-order valence-corrected chi connectivity index (χ0v) is 13.4. The third-order valence-corrected chi connectivity index (χ3v) is 7.00. The molecule has 0 spiro atoms. The molecule has 0 N–H and O–H groups in total. The molecule has 5 rings (SSSR count). The molecular formula is C16H19NO5S. The van der Waals surface area contributed by atoms with Crippen molar-refractivity contribution in [2.45, 2.75) is 43.1 Å². The van der Waals surface area contributed by atoms with Gasteiger partial charge in [-0.3, -0.25) is 14.3 Å². The maximum atomic E-state index is 12.6. The van der Waals surface area contributed by atoms with Crippen LogP contribution < -0.4 is 0 Å². The lowest BCUT2D eigenvalue weighted by Crippen LogP contribution is -2.50. The third kappa shape index (κ3) is 2.65. The number of hydrogen-bond acceptors (Lipinski definition) is 5. The van der Waals surface area contributed by atoms with E-state index in [1.807, 2.05) is 0 Å². The molecule has 124 valence electrons. The van der Waals surface area contributed by atoms with E-state index in [0.29, 0.717) is 11.8 Å². The Bertz CT molecular complexity index is 717. The van der Waals surface area contributed by atoms with Crippen LogP contribution in [0.5, 0.6) is 0 Å². The number of hydrogen-bond donors (Lipinski definition) is 0. The second-order valence-corrected chi connectivity index (χ2v) is 8.77. The SMILES string of the molecule is O=[N+]([O-])c1cccc(S(=O)(=O)OC2C3CC4CC(C3)CC2C4)c1. The lowest BCUT2D eigenvalue weighted by atomic mass is 9.55.